The normalized spacial score (nSPS) is 13.7. The Morgan fingerprint density at radius 2 is 1.68 bits per heavy atom. The summed E-state index contributed by atoms with van der Waals surface area (Å²) in [5.41, 5.74) is 0.639. The van der Waals surface area contributed by atoms with Gasteiger partial charge in [0.15, 0.2) is 0 Å². The van der Waals surface area contributed by atoms with Gasteiger partial charge in [0.1, 0.15) is 11.3 Å². The molecule has 0 spiro atoms. The Morgan fingerprint density at radius 3 is 2.23 bits per heavy atom. The number of hydroxylamine groups is 2. The molecule has 2 aromatic rings. The molecule has 0 N–H and O–H groups in total. The molecule has 0 fully saturated rings. The zero-order chi connectivity index (χ0) is 15.9. The maximum absolute atomic E-state index is 12.2. The predicted octanol–water partition coefficient (Wildman–Crippen LogP) is 2.77. The summed E-state index contributed by atoms with van der Waals surface area (Å²) in [4.78, 5) is 41.5. The molecule has 0 radical (unpaired) electrons. The third-order valence-electron chi connectivity index (χ3n) is 3.37. The molecule has 1 aromatic heterocycles. The SMILES string of the molecule is CC(C)c1occc1C(=O)ON1C(=O)c2ccccc2C1=O. The minimum absolute atomic E-state index is 0.0280. The Kier molecular flexibility index (Phi) is 3.29. The fourth-order valence-corrected chi connectivity index (χ4v) is 2.32. The summed E-state index contributed by atoms with van der Waals surface area (Å²) in [6.07, 6.45) is 1.37. The van der Waals surface area contributed by atoms with E-state index < -0.39 is 17.8 Å². The van der Waals surface area contributed by atoms with Crippen LogP contribution in [0.2, 0.25) is 0 Å². The lowest BCUT2D eigenvalue weighted by Crippen LogP contribution is -2.32. The zero-order valence-corrected chi connectivity index (χ0v) is 12.0. The molecule has 0 atom stereocenters. The standard InChI is InChI=1S/C16H13NO5/c1-9(2)13-12(7-8-21-13)16(20)22-17-14(18)10-5-3-4-6-11(10)15(17)19/h3-9H,1-2H3. The number of hydrogen-bond acceptors (Lipinski definition) is 5. The van der Waals surface area contributed by atoms with E-state index in [9.17, 15) is 14.4 Å². The second-order valence-electron chi connectivity index (χ2n) is 5.18. The summed E-state index contributed by atoms with van der Waals surface area (Å²) in [5.74, 6) is -1.68. The molecule has 1 aliphatic heterocycles. The first-order valence-electron chi connectivity index (χ1n) is 6.78. The van der Waals surface area contributed by atoms with Gasteiger partial charge in [0.2, 0.25) is 0 Å². The van der Waals surface area contributed by atoms with Gasteiger partial charge in [0, 0.05) is 5.92 Å². The van der Waals surface area contributed by atoms with Crippen LogP contribution in [0.25, 0.3) is 0 Å². The van der Waals surface area contributed by atoms with E-state index >= 15 is 0 Å². The van der Waals surface area contributed by atoms with Gasteiger partial charge in [0.05, 0.1) is 17.4 Å². The van der Waals surface area contributed by atoms with Crippen molar-refractivity contribution >= 4 is 17.8 Å². The first kappa shape index (κ1) is 14.1. The minimum atomic E-state index is -0.799. The summed E-state index contributed by atoms with van der Waals surface area (Å²) in [6.45, 7) is 3.72. The van der Waals surface area contributed by atoms with E-state index in [0.717, 1.165) is 0 Å². The van der Waals surface area contributed by atoms with E-state index in [4.69, 9.17) is 9.25 Å². The van der Waals surface area contributed by atoms with Crippen molar-refractivity contribution in [2.45, 2.75) is 19.8 Å². The molecular weight excluding hydrogens is 286 g/mol. The summed E-state index contributed by atoms with van der Waals surface area (Å²) in [7, 11) is 0. The number of nitrogens with zero attached hydrogens (tertiary/aromatic N) is 1. The maximum atomic E-state index is 12.2. The first-order chi connectivity index (χ1) is 10.5. The van der Waals surface area contributed by atoms with Gasteiger partial charge in [-0.05, 0) is 18.2 Å². The second kappa shape index (κ2) is 5.14. The Balaban J connectivity index is 1.86. The third-order valence-corrected chi connectivity index (χ3v) is 3.37. The lowest BCUT2D eigenvalue weighted by molar-refractivity contribution is -0.0586. The van der Waals surface area contributed by atoms with Crippen LogP contribution < -0.4 is 0 Å². The van der Waals surface area contributed by atoms with E-state index in [0.29, 0.717) is 10.8 Å². The van der Waals surface area contributed by atoms with Crippen LogP contribution in [0.15, 0.2) is 41.0 Å². The average Bonchev–Trinajstić information content (AvgIpc) is 3.08. The Labute approximate surface area is 126 Å². The molecule has 22 heavy (non-hydrogen) atoms. The molecule has 2 amide bonds. The minimum Gasteiger partial charge on any atom is -0.468 e. The van der Waals surface area contributed by atoms with Gasteiger partial charge < -0.3 is 9.25 Å². The molecule has 0 aliphatic carbocycles. The Hall–Kier alpha value is -2.89. The summed E-state index contributed by atoms with van der Waals surface area (Å²) < 4.78 is 5.24. The van der Waals surface area contributed by atoms with Crippen molar-refractivity contribution in [3.8, 4) is 0 Å². The lowest BCUT2D eigenvalue weighted by Gasteiger charge is -2.13. The van der Waals surface area contributed by atoms with Crippen LogP contribution in [0.5, 0.6) is 0 Å². The quantitative estimate of drug-likeness (QED) is 0.814. The second-order valence-corrected chi connectivity index (χ2v) is 5.18. The summed E-state index contributed by atoms with van der Waals surface area (Å²) >= 11 is 0. The van der Waals surface area contributed by atoms with Gasteiger partial charge in [-0.15, -0.1) is 0 Å². The number of carbonyl (C=O) groups is 3. The van der Waals surface area contributed by atoms with Crippen molar-refractivity contribution in [3.63, 3.8) is 0 Å². The van der Waals surface area contributed by atoms with Crippen molar-refractivity contribution in [3.05, 3.63) is 59.0 Å². The van der Waals surface area contributed by atoms with Gasteiger partial charge in [-0.25, -0.2) is 4.79 Å². The van der Waals surface area contributed by atoms with E-state index in [1.54, 1.807) is 12.1 Å². The number of carbonyl (C=O) groups excluding carboxylic acids is 3. The third kappa shape index (κ3) is 2.09. The van der Waals surface area contributed by atoms with E-state index in [1.165, 1.54) is 24.5 Å². The Morgan fingerprint density at radius 1 is 1.09 bits per heavy atom. The van der Waals surface area contributed by atoms with Gasteiger partial charge in [-0.1, -0.05) is 31.0 Å². The van der Waals surface area contributed by atoms with Crippen LogP contribution in [0, 0.1) is 0 Å². The fourth-order valence-electron chi connectivity index (χ4n) is 2.32. The van der Waals surface area contributed by atoms with Crippen LogP contribution in [0.4, 0.5) is 0 Å². The Bertz CT molecular complexity index is 739. The summed E-state index contributed by atoms with van der Waals surface area (Å²) in [6, 6.07) is 7.77. The molecular formula is C16H13NO5. The molecule has 1 aromatic carbocycles. The van der Waals surface area contributed by atoms with Gasteiger partial charge >= 0.3 is 5.97 Å². The van der Waals surface area contributed by atoms with Crippen molar-refractivity contribution in [1.82, 2.24) is 5.06 Å². The highest BCUT2D eigenvalue weighted by Crippen LogP contribution is 2.25. The van der Waals surface area contributed by atoms with Gasteiger partial charge in [-0.3, -0.25) is 9.59 Å². The van der Waals surface area contributed by atoms with Crippen LogP contribution in [-0.2, 0) is 4.84 Å². The molecule has 2 heterocycles. The molecule has 112 valence electrons. The van der Waals surface area contributed by atoms with Crippen LogP contribution in [0.3, 0.4) is 0 Å². The number of benzene rings is 1. The number of amides is 2. The molecule has 0 bridgehead atoms. The highest BCUT2D eigenvalue weighted by atomic mass is 16.7. The van der Waals surface area contributed by atoms with Gasteiger partial charge in [-0.2, -0.15) is 0 Å². The first-order valence-corrected chi connectivity index (χ1v) is 6.78. The van der Waals surface area contributed by atoms with E-state index in [2.05, 4.69) is 0 Å². The maximum Gasteiger partial charge on any atom is 0.367 e. The number of hydrogen-bond donors (Lipinski definition) is 0. The topological polar surface area (TPSA) is 76.8 Å². The fraction of sp³-hybridized carbons (Fsp3) is 0.188. The van der Waals surface area contributed by atoms with E-state index in [-0.39, 0.29) is 22.6 Å². The number of furan rings is 1. The van der Waals surface area contributed by atoms with Crippen LogP contribution in [-0.4, -0.2) is 22.8 Å². The number of rotatable bonds is 3. The lowest BCUT2D eigenvalue weighted by atomic mass is 10.1. The molecule has 0 saturated heterocycles. The average molecular weight is 299 g/mol. The molecule has 3 rings (SSSR count). The highest BCUT2D eigenvalue weighted by Gasteiger charge is 2.39. The van der Waals surface area contributed by atoms with E-state index in [1.807, 2.05) is 13.8 Å². The molecule has 0 unspecified atom stereocenters. The predicted molar refractivity (Wildman–Crippen MR) is 75.2 cm³/mol. The van der Waals surface area contributed by atoms with Gasteiger partial charge in [0.25, 0.3) is 11.8 Å². The molecule has 1 aliphatic rings. The van der Waals surface area contributed by atoms with Crippen molar-refractivity contribution in [2.24, 2.45) is 0 Å². The number of fused-ring (bicyclic) bond motifs is 1. The molecule has 6 heteroatoms. The van der Waals surface area contributed by atoms with Crippen LogP contribution >= 0.6 is 0 Å². The van der Waals surface area contributed by atoms with Crippen molar-refractivity contribution < 1.29 is 23.6 Å². The zero-order valence-electron chi connectivity index (χ0n) is 12.0. The van der Waals surface area contributed by atoms with Crippen LogP contribution in [0.1, 0.15) is 56.6 Å². The monoisotopic (exact) mass is 299 g/mol. The molecule has 0 saturated carbocycles. The smallest absolute Gasteiger partial charge is 0.367 e. The largest absolute Gasteiger partial charge is 0.468 e. The highest BCUT2D eigenvalue weighted by molar-refractivity contribution is 6.21. The number of imide groups is 1. The summed E-state index contributed by atoms with van der Waals surface area (Å²) in [5, 5.41) is 0.490. The molecule has 6 nitrogen and oxygen atoms in total. The van der Waals surface area contributed by atoms with Crippen molar-refractivity contribution in [1.29, 1.82) is 0 Å². The van der Waals surface area contributed by atoms with Crippen molar-refractivity contribution in [2.75, 3.05) is 0 Å².